The number of imidazole rings is 1. The van der Waals surface area contributed by atoms with Crippen LogP contribution >= 0.6 is 11.6 Å². The zero-order chi connectivity index (χ0) is 11.8. The van der Waals surface area contributed by atoms with E-state index in [-0.39, 0.29) is 0 Å². The second-order valence-electron chi connectivity index (χ2n) is 3.73. The van der Waals surface area contributed by atoms with E-state index >= 15 is 0 Å². The molecule has 0 aromatic carbocycles. The summed E-state index contributed by atoms with van der Waals surface area (Å²) in [7, 11) is 0. The van der Waals surface area contributed by atoms with Crippen LogP contribution < -0.4 is 0 Å². The fourth-order valence-electron chi connectivity index (χ4n) is 1.74. The Morgan fingerprint density at radius 1 is 1.12 bits per heavy atom. The van der Waals surface area contributed by atoms with Gasteiger partial charge >= 0.3 is 0 Å². The molecule has 0 unspecified atom stereocenters. The lowest BCUT2D eigenvalue weighted by Gasteiger charge is -1.97. The summed E-state index contributed by atoms with van der Waals surface area (Å²) in [5.74, 6) is 0. The van der Waals surface area contributed by atoms with Crippen molar-refractivity contribution in [3.8, 4) is 11.4 Å². The van der Waals surface area contributed by atoms with Gasteiger partial charge in [0.05, 0.1) is 10.7 Å². The second kappa shape index (κ2) is 3.82. The van der Waals surface area contributed by atoms with E-state index in [1.807, 2.05) is 35.9 Å². The van der Waals surface area contributed by atoms with Crippen LogP contribution in [0, 0.1) is 6.92 Å². The SMILES string of the molecule is Cc1nccnc1-c1cn2cc(Cl)ccc2n1. The van der Waals surface area contributed by atoms with Crippen molar-refractivity contribution >= 4 is 17.2 Å². The number of pyridine rings is 1. The van der Waals surface area contributed by atoms with Crippen molar-refractivity contribution in [3.05, 3.63) is 47.6 Å². The van der Waals surface area contributed by atoms with Crippen LogP contribution in [0.15, 0.2) is 36.9 Å². The van der Waals surface area contributed by atoms with E-state index in [2.05, 4.69) is 15.0 Å². The van der Waals surface area contributed by atoms with E-state index in [0.29, 0.717) is 5.02 Å². The topological polar surface area (TPSA) is 43.1 Å². The highest BCUT2D eigenvalue weighted by Crippen LogP contribution is 2.20. The van der Waals surface area contributed by atoms with Crippen LogP contribution in [-0.2, 0) is 0 Å². The third-order valence-corrected chi connectivity index (χ3v) is 2.76. The summed E-state index contributed by atoms with van der Waals surface area (Å²) in [4.78, 5) is 13.0. The molecular formula is C12H9ClN4. The summed E-state index contributed by atoms with van der Waals surface area (Å²) in [5, 5.41) is 0.678. The van der Waals surface area contributed by atoms with Crippen LogP contribution in [-0.4, -0.2) is 19.4 Å². The van der Waals surface area contributed by atoms with E-state index in [0.717, 1.165) is 22.7 Å². The zero-order valence-corrected chi connectivity index (χ0v) is 9.89. The van der Waals surface area contributed by atoms with Crippen molar-refractivity contribution < 1.29 is 0 Å². The van der Waals surface area contributed by atoms with Crippen molar-refractivity contribution in [3.63, 3.8) is 0 Å². The van der Waals surface area contributed by atoms with Gasteiger partial charge in [-0.3, -0.25) is 9.97 Å². The molecule has 0 amide bonds. The van der Waals surface area contributed by atoms with Gasteiger partial charge in [0.1, 0.15) is 17.0 Å². The van der Waals surface area contributed by atoms with Gasteiger partial charge in [-0.2, -0.15) is 0 Å². The Bertz CT molecular complexity index is 690. The summed E-state index contributed by atoms with van der Waals surface area (Å²) >= 11 is 5.93. The molecule has 0 saturated heterocycles. The number of halogens is 1. The van der Waals surface area contributed by atoms with E-state index in [4.69, 9.17) is 11.6 Å². The van der Waals surface area contributed by atoms with Gasteiger partial charge < -0.3 is 4.40 Å². The van der Waals surface area contributed by atoms with E-state index in [9.17, 15) is 0 Å². The standard InChI is InChI=1S/C12H9ClN4/c1-8-12(15-5-4-14-8)10-7-17-6-9(13)2-3-11(17)16-10/h2-7H,1H3. The predicted molar refractivity (Wildman–Crippen MR) is 66.0 cm³/mol. The summed E-state index contributed by atoms with van der Waals surface area (Å²) in [6.07, 6.45) is 7.06. The first-order valence-electron chi connectivity index (χ1n) is 5.16. The minimum absolute atomic E-state index is 0.678. The van der Waals surface area contributed by atoms with Crippen molar-refractivity contribution in [2.24, 2.45) is 0 Å². The predicted octanol–water partition coefficient (Wildman–Crippen LogP) is 2.75. The fourth-order valence-corrected chi connectivity index (χ4v) is 1.91. The lowest BCUT2D eigenvalue weighted by molar-refractivity contribution is 1.11. The summed E-state index contributed by atoms with van der Waals surface area (Å²) in [5.41, 5.74) is 3.31. The first-order valence-corrected chi connectivity index (χ1v) is 5.54. The lowest BCUT2D eigenvalue weighted by atomic mass is 10.2. The molecule has 17 heavy (non-hydrogen) atoms. The van der Waals surface area contributed by atoms with Crippen molar-refractivity contribution in [2.75, 3.05) is 0 Å². The number of aromatic nitrogens is 4. The highest BCUT2D eigenvalue weighted by molar-refractivity contribution is 6.30. The third kappa shape index (κ3) is 1.76. The quantitative estimate of drug-likeness (QED) is 0.661. The van der Waals surface area contributed by atoms with Crippen LogP contribution in [0.5, 0.6) is 0 Å². The van der Waals surface area contributed by atoms with E-state index < -0.39 is 0 Å². The van der Waals surface area contributed by atoms with Gasteiger partial charge in [-0.1, -0.05) is 11.6 Å². The highest BCUT2D eigenvalue weighted by Gasteiger charge is 2.08. The molecule has 0 atom stereocenters. The zero-order valence-electron chi connectivity index (χ0n) is 9.13. The molecule has 0 spiro atoms. The number of fused-ring (bicyclic) bond motifs is 1. The number of nitrogens with zero attached hydrogens (tertiary/aromatic N) is 4. The first-order chi connectivity index (χ1) is 8.24. The minimum atomic E-state index is 0.678. The maximum absolute atomic E-state index is 5.93. The minimum Gasteiger partial charge on any atom is -0.305 e. The van der Waals surface area contributed by atoms with Gasteiger partial charge in [-0.25, -0.2) is 4.98 Å². The average molecular weight is 245 g/mol. The van der Waals surface area contributed by atoms with Gasteiger partial charge in [0.15, 0.2) is 0 Å². The molecule has 3 rings (SSSR count). The average Bonchev–Trinajstić information content (AvgIpc) is 2.72. The van der Waals surface area contributed by atoms with Gasteiger partial charge in [0.25, 0.3) is 0 Å². The number of aryl methyl sites for hydroxylation is 1. The molecule has 0 N–H and O–H groups in total. The van der Waals surface area contributed by atoms with Gasteiger partial charge in [-0.05, 0) is 19.1 Å². The van der Waals surface area contributed by atoms with Crippen molar-refractivity contribution in [1.29, 1.82) is 0 Å². The van der Waals surface area contributed by atoms with Crippen LogP contribution in [0.1, 0.15) is 5.69 Å². The fraction of sp³-hybridized carbons (Fsp3) is 0.0833. The second-order valence-corrected chi connectivity index (χ2v) is 4.17. The Hall–Kier alpha value is -1.94. The largest absolute Gasteiger partial charge is 0.305 e. The molecule has 3 aromatic rings. The summed E-state index contributed by atoms with van der Waals surface area (Å²) in [6, 6.07) is 3.69. The maximum atomic E-state index is 5.93. The van der Waals surface area contributed by atoms with Gasteiger partial charge in [-0.15, -0.1) is 0 Å². The molecule has 3 aromatic heterocycles. The third-order valence-electron chi connectivity index (χ3n) is 2.54. The van der Waals surface area contributed by atoms with Crippen LogP contribution in [0.3, 0.4) is 0 Å². The normalized spacial score (nSPS) is 10.9. The molecule has 0 saturated carbocycles. The lowest BCUT2D eigenvalue weighted by Crippen LogP contribution is -1.90. The molecule has 0 aliphatic heterocycles. The Morgan fingerprint density at radius 3 is 2.76 bits per heavy atom. The number of rotatable bonds is 1. The molecule has 0 aliphatic rings. The Kier molecular flexibility index (Phi) is 2.30. The molecule has 4 nitrogen and oxygen atoms in total. The highest BCUT2D eigenvalue weighted by atomic mass is 35.5. The van der Waals surface area contributed by atoms with Crippen LogP contribution in [0.25, 0.3) is 17.0 Å². The van der Waals surface area contributed by atoms with E-state index in [1.165, 1.54) is 0 Å². The smallest absolute Gasteiger partial charge is 0.137 e. The maximum Gasteiger partial charge on any atom is 0.137 e. The molecule has 3 heterocycles. The molecule has 84 valence electrons. The molecule has 0 radical (unpaired) electrons. The van der Waals surface area contributed by atoms with Crippen molar-refractivity contribution in [2.45, 2.75) is 6.92 Å². The van der Waals surface area contributed by atoms with Crippen LogP contribution in [0.2, 0.25) is 5.02 Å². The molecule has 0 aliphatic carbocycles. The number of hydrogen-bond acceptors (Lipinski definition) is 3. The number of hydrogen-bond donors (Lipinski definition) is 0. The Labute approximate surface area is 103 Å². The molecule has 5 heteroatoms. The molecule has 0 bridgehead atoms. The summed E-state index contributed by atoms with van der Waals surface area (Å²) < 4.78 is 1.88. The van der Waals surface area contributed by atoms with E-state index in [1.54, 1.807) is 12.4 Å². The van der Waals surface area contributed by atoms with Crippen LogP contribution in [0.4, 0.5) is 0 Å². The Balaban J connectivity index is 2.22. The molecular weight excluding hydrogens is 236 g/mol. The monoisotopic (exact) mass is 244 g/mol. The van der Waals surface area contributed by atoms with Crippen molar-refractivity contribution in [1.82, 2.24) is 19.4 Å². The molecule has 0 fully saturated rings. The van der Waals surface area contributed by atoms with Gasteiger partial charge in [0.2, 0.25) is 0 Å². The summed E-state index contributed by atoms with van der Waals surface area (Å²) in [6.45, 7) is 1.92. The van der Waals surface area contributed by atoms with Gasteiger partial charge in [0, 0.05) is 24.8 Å². The Morgan fingerprint density at radius 2 is 1.94 bits per heavy atom. The first kappa shape index (κ1) is 10.2.